The van der Waals surface area contributed by atoms with E-state index < -0.39 is 17.6 Å². The van der Waals surface area contributed by atoms with Gasteiger partial charge < -0.3 is 0 Å². The molecule has 1 aliphatic rings. The van der Waals surface area contributed by atoms with E-state index in [-0.39, 0.29) is 0 Å². The van der Waals surface area contributed by atoms with Crippen LogP contribution in [0.25, 0.3) is 0 Å². The molecule has 1 aliphatic heterocycles. The summed E-state index contributed by atoms with van der Waals surface area (Å²) in [4.78, 5) is 0. The van der Waals surface area contributed by atoms with Gasteiger partial charge in [0.1, 0.15) is 0 Å². The summed E-state index contributed by atoms with van der Waals surface area (Å²) in [7, 11) is 0. The normalized spacial score (nSPS) is 16.6. The van der Waals surface area contributed by atoms with Gasteiger partial charge in [0.15, 0.2) is 0 Å². The third kappa shape index (κ3) is 2.29. The molecule has 0 fully saturated rings. The molecular formula is C15H14BrI. The average molecular weight is 401 g/mol. The Labute approximate surface area is 116 Å². The van der Waals surface area contributed by atoms with Crippen molar-refractivity contribution in [2.24, 2.45) is 0 Å². The SMILES string of the molecule is BrI1c2ccccc2CCCc2ccccc21. The summed E-state index contributed by atoms with van der Waals surface area (Å²) in [6, 6.07) is 17.9. The van der Waals surface area contributed by atoms with Gasteiger partial charge in [0, 0.05) is 0 Å². The van der Waals surface area contributed by atoms with Crippen LogP contribution in [0.3, 0.4) is 0 Å². The van der Waals surface area contributed by atoms with Crippen LogP contribution in [0.5, 0.6) is 0 Å². The van der Waals surface area contributed by atoms with E-state index in [0.29, 0.717) is 0 Å². The molecule has 0 aliphatic carbocycles. The minimum atomic E-state index is -1.34. The molecule has 17 heavy (non-hydrogen) atoms. The molecule has 1 heterocycles. The Morgan fingerprint density at radius 2 is 1.24 bits per heavy atom. The summed E-state index contributed by atoms with van der Waals surface area (Å²) in [6.45, 7) is 0. The monoisotopic (exact) mass is 400 g/mol. The summed E-state index contributed by atoms with van der Waals surface area (Å²) in [5.41, 5.74) is 3.12. The second-order valence-electron chi connectivity index (χ2n) is 4.27. The fraction of sp³-hybridized carbons (Fsp3) is 0.200. The van der Waals surface area contributed by atoms with Crippen molar-refractivity contribution in [1.82, 2.24) is 0 Å². The molecule has 0 saturated carbocycles. The first-order valence-electron chi connectivity index (χ1n) is 5.88. The topological polar surface area (TPSA) is 0 Å². The molecule has 0 atom stereocenters. The van der Waals surface area contributed by atoms with E-state index in [2.05, 4.69) is 61.2 Å². The molecule has 88 valence electrons. The number of rotatable bonds is 0. The first-order valence-corrected chi connectivity index (χ1v) is 12.9. The first-order chi connectivity index (χ1) is 8.36. The first kappa shape index (κ1) is 11.7. The van der Waals surface area contributed by atoms with Crippen LogP contribution in [0.15, 0.2) is 48.5 Å². The van der Waals surface area contributed by atoms with Crippen molar-refractivity contribution in [3.8, 4) is 0 Å². The predicted molar refractivity (Wildman–Crippen MR) is 85.3 cm³/mol. The van der Waals surface area contributed by atoms with Gasteiger partial charge in [-0.1, -0.05) is 0 Å². The van der Waals surface area contributed by atoms with E-state index in [1.165, 1.54) is 19.3 Å². The standard InChI is InChI=1S/C15H14BrI/c16-17-14-10-3-1-6-12(14)8-5-9-13-7-2-4-11-15(13)17/h1-4,6-7,10-11H,5,8-9H2. The molecule has 0 aromatic heterocycles. The molecule has 0 unspecified atom stereocenters. The molecule has 0 radical (unpaired) electrons. The van der Waals surface area contributed by atoms with E-state index in [1.807, 2.05) is 0 Å². The Hall–Kier alpha value is -0.350. The Morgan fingerprint density at radius 1 is 0.765 bits per heavy atom. The van der Waals surface area contributed by atoms with Gasteiger partial charge in [-0.25, -0.2) is 0 Å². The van der Waals surface area contributed by atoms with Gasteiger partial charge in [0.05, 0.1) is 0 Å². The summed E-state index contributed by atoms with van der Waals surface area (Å²) in [5, 5.41) is 0. The van der Waals surface area contributed by atoms with Crippen LogP contribution in [0.1, 0.15) is 17.5 Å². The zero-order valence-electron chi connectivity index (χ0n) is 9.50. The second kappa shape index (κ2) is 5.11. The van der Waals surface area contributed by atoms with Gasteiger partial charge in [-0.15, -0.1) is 0 Å². The second-order valence-corrected chi connectivity index (χ2v) is 12.0. The fourth-order valence-electron chi connectivity index (χ4n) is 2.30. The maximum absolute atomic E-state index is 4.03. The summed E-state index contributed by atoms with van der Waals surface area (Å²) >= 11 is 2.68. The quantitative estimate of drug-likeness (QED) is 0.544. The predicted octanol–water partition coefficient (Wildman–Crippen LogP) is 5.03. The molecule has 0 spiro atoms. The zero-order valence-corrected chi connectivity index (χ0v) is 13.2. The molecule has 2 aromatic carbocycles. The van der Waals surface area contributed by atoms with Gasteiger partial charge >= 0.3 is 116 Å². The molecule has 3 rings (SSSR count). The van der Waals surface area contributed by atoms with Gasteiger partial charge in [0.2, 0.25) is 0 Å². The summed E-state index contributed by atoms with van der Waals surface area (Å²) < 4.78 is 3.17. The third-order valence-corrected chi connectivity index (χ3v) is 11.6. The van der Waals surface area contributed by atoms with Crippen molar-refractivity contribution in [3.05, 3.63) is 66.8 Å². The molecule has 2 aromatic rings. The Kier molecular flexibility index (Phi) is 3.52. The van der Waals surface area contributed by atoms with Crippen LogP contribution in [0.4, 0.5) is 0 Å². The number of hydrogen-bond donors (Lipinski definition) is 0. The van der Waals surface area contributed by atoms with Gasteiger partial charge in [0.25, 0.3) is 0 Å². The average Bonchev–Trinajstić information content (AvgIpc) is 2.37. The molecule has 2 heteroatoms. The van der Waals surface area contributed by atoms with Crippen LogP contribution in [0, 0.1) is 7.14 Å². The third-order valence-electron chi connectivity index (χ3n) is 3.17. The molecule has 0 saturated heterocycles. The number of aryl methyl sites for hydroxylation is 2. The van der Waals surface area contributed by atoms with Crippen molar-refractivity contribution in [1.29, 1.82) is 0 Å². The van der Waals surface area contributed by atoms with Crippen molar-refractivity contribution in [3.63, 3.8) is 0 Å². The molecule has 0 N–H and O–H groups in total. The fourth-order valence-corrected chi connectivity index (χ4v) is 10.0. The maximum atomic E-state index is 4.03. The number of fused-ring (bicyclic) bond motifs is 2. The number of benzene rings is 2. The summed E-state index contributed by atoms with van der Waals surface area (Å²) in [6.07, 6.45) is 3.72. The van der Waals surface area contributed by atoms with Crippen LogP contribution in [-0.4, -0.2) is 0 Å². The number of halogens is 2. The van der Waals surface area contributed by atoms with Crippen LogP contribution < -0.4 is 0 Å². The van der Waals surface area contributed by atoms with Crippen LogP contribution in [0.2, 0.25) is 0 Å². The minimum absolute atomic E-state index is 1.23. The van der Waals surface area contributed by atoms with Crippen molar-refractivity contribution >= 4 is 30.3 Å². The van der Waals surface area contributed by atoms with E-state index in [0.717, 1.165) is 0 Å². The van der Waals surface area contributed by atoms with Crippen molar-refractivity contribution in [2.45, 2.75) is 19.3 Å². The Balaban J connectivity index is 2.15. The Bertz CT molecular complexity index is 488. The number of hydrogen-bond acceptors (Lipinski definition) is 0. The molecular weight excluding hydrogens is 387 g/mol. The van der Waals surface area contributed by atoms with Gasteiger partial charge in [-0.05, 0) is 0 Å². The van der Waals surface area contributed by atoms with Crippen LogP contribution in [-0.2, 0) is 12.8 Å². The van der Waals surface area contributed by atoms with Crippen molar-refractivity contribution < 1.29 is 0 Å². The van der Waals surface area contributed by atoms with Gasteiger partial charge in [-0.3, -0.25) is 0 Å². The van der Waals surface area contributed by atoms with E-state index >= 15 is 0 Å². The van der Waals surface area contributed by atoms with E-state index in [9.17, 15) is 0 Å². The van der Waals surface area contributed by atoms with Crippen LogP contribution >= 0.6 is 30.3 Å². The van der Waals surface area contributed by atoms with Crippen molar-refractivity contribution in [2.75, 3.05) is 0 Å². The van der Waals surface area contributed by atoms with Gasteiger partial charge in [-0.2, -0.15) is 0 Å². The molecule has 0 nitrogen and oxygen atoms in total. The molecule has 0 bridgehead atoms. The Morgan fingerprint density at radius 3 is 1.76 bits per heavy atom. The van der Waals surface area contributed by atoms with E-state index in [4.69, 9.17) is 0 Å². The molecule has 0 amide bonds. The van der Waals surface area contributed by atoms with E-state index in [1.54, 1.807) is 18.3 Å². The zero-order chi connectivity index (χ0) is 11.7. The summed E-state index contributed by atoms with van der Waals surface area (Å²) in [5.74, 6) is 0.